The third-order valence-corrected chi connectivity index (χ3v) is 2.36. The number of methoxy groups -OCH3 is 1. The van der Waals surface area contributed by atoms with Crippen molar-refractivity contribution in [3.63, 3.8) is 0 Å². The predicted octanol–water partition coefficient (Wildman–Crippen LogP) is 1.38. The third-order valence-electron chi connectivity index (χ3n) is 2.36. The lowest BCUT2D eigenvalue weighted by atomic mass is 10.2. The van der Waals surface area contributed by atoms with Gasteiger partial charge in [0.05, 0.1) is 31.6 Å². The van der Waals surface area contributed by atoms with Crippen LogP contribution < -0.4 is 10.1 Å². The summed E-state index contributed by atoms with van der Waals surface area (Å²) < 4.78 is 10.3. The molecule has 0 saturated heterocycles. The lowest BCUT2D eigenvalue weighted by Crippen LogP contribution is -2.08. The Bertz CT molecular complexity index is 402. The lowest BCUT2D eigenvalue weighted by molar-refractivity contribution is 0.0922. The number of aliphatic hydroxyl groups is 1. The first-order chi connectivity index (χ1) is 8.81. The van der Waals surface area contributed by atoms with Crippen LogP contribution in [0.5, 0.6) is 5.75 Å². The average Bonchev–Trinajstić information content (AvgIpc) is 2.42. The van der Waals surface area contributed by atoms with E-state index in [0.717, 1.165) is 12.1 Å². The minimum Gasteiger partial charge on any atom is -0.497 e. The predicted molar refractivity (Wildman–Crippen MR) is 68.7 cm³/mol. The Morgan fingerprint density at radius 1 is 1.39 bits per heavy atom. The summed E-state index contributed by atoms with van der Waals surface area (Å²) in [6.45, 7) is 1.69. The summed E-state index contributed by atoms with van der Waals surface area (Å²) in [5.41, 5.74) is 1.35. The molecule has 0 bridgehead atoms. The summed E-state index contributed by atoms with van der Waals surface area (Å²) in [5.74, 6) is 0.716. The number of rotatable bonds is 8. The molecule has 98 valence electrons. The van der Waals surface area contributed by atoms with Gasteiger partial charge in [-0.15, -0.1) is 0 Å². The highest BCUT2D eigenvalue weighted by molar-refractivity contribution is 5.60. The summed E-state index contributed by atoms with van der Waals surface area (Å²) in [4.78, 5) is 0. The van der Waals surface area contributed by atoms with E-state index in [1.54, 1.807) is 25.3 Å². The van der Waals surface area contributed by atoms with E-state index in [1.807, 2.05) is 0 Å². The van der Waals surface area contributed by atoms with Crippen LogP contribution in [-0.4, -0.2) is 38.6 Å². The molecule has 0 radical (unpaired) electrons. The number of ether oxygens (including phenoxy) is 2. The van der Waals surface area contributed by atoms with Crippen LogP contribution in [0.25, 0.3) is 0 Å². The highest BCUT2D eigenvalue weighted by atomic mass is 16.5. The fourth-order valence-electron chi connectivity index (χ4n) is 1.46. The first-order valence-corrected chi connectivity index (χ1v) is 5.82. The molecule has 0 aliphatic heterocycles. The number of anilines is 1. The van der Waals surface area contributed by atoms with E-state index < -0.39 is 0 Å². The molecule has 0 fully saturated rings. The SMILES string of the molecule is COc1ccc(C#N)c(NCCCOCCO)c1. The van der Waals surface area contributed by atoms with Crippen molar-refractivity contribution >= 4 is 5.69 Å². The Labute approximate surface area is 107 Å². The van der Waals surface area contributed by atoms with Crippen LogP contribution in [0.1, 0.15) is 12.0 Å². The molecule has 2 N–H and O–H groups in total. The highest BCUT2D eigenvalue weighted by Gasteiger charge is 2.03. The summed E-state index contributed by atoms with van der Waals surface area (Å²) in [6, 6.07) is 7.41. The van der Waals surface area contributed by atoms with E-state index in [9.17, 15) is 0 Å². The van der Waals surface area contributed by atoms with Gasteiger partial charge in [0.1, 0.15) is 11.8 Å². The molecular weight excluding hydrogens is 232 g/mol. The van der Waals surface area contributed by atoms with Crippen LogP contribution in [0, 0.1) is 11.3 Å². The van der Waals surface area contributed by atoms with Gasteiger partial charge < -0.3 is 19.9 Å². The van der Waals surface area contributed by atoms with Crippen LogP contribution >= 0.6 is 0 Å². The first kappa shape index (κ1) is 14.3. The molecule has 0 atom stereocenters. The summed E-state index contributed by atoms with van der Waals surface area (Å²) in [7, 11) is 1.59. The van der Waals surface area contributed by atoms with Crippen molar-refractivity contribution in [3.05, 3.63) is 23.8 Å². The summed E-state index contributed by atoms with van der Waals surface area (Å²) in [6.07, 6.45) is 0.808. The summed E-state index contributed by atoms with van der Waals surface area (Å²) >= 11 is 0. The van der Waals surface area contributed by atoms with Crippen LogP contribution in [0.4, 0.5) is 5.69 Å². The van der Waals surface area contributed by atoms with Gasteiger partial charge in [-0.2, -0.15) is 5.26 Å². The van der Waals surface area contributed by atoms with Crippen molar-refractivity contribution in [1.82, 2.24) is 0 Å². The van der Waals surface area contributed by atoms with Crippen LogP contribution in [-0.2, 0) is 4.74 Å². The molecule has 0 aliphatic rings. The van der Waals surface area contributed by atoms with Gasteiger partial charge in [-0.05, 0) is 18.6 Å². The average molecular weight is 250 g/mol. The second kappa shape index (κ2) is 8.34. The minimum atomic E-state index is 0.0435. The monoisotopic (exact) mass is 250 g/mol. The van der Waals surface area contributed by atoms with Crippen LogP contribution in [0.2, 0.25) is 0 Å². The van der Waals surface area contributed by atoms with Crippen molar-refractivity contribution in [2.45, 2.75) is 6.42 Å². The largest absolute Gasteiger partial charge is 0.497 e. The second-order valence-electron chi connectivity index (χ2n) is 3.64. The van der Waals surface area contributed by atoms with E-state index in [0.29, 0.717) is 31.1 Å². The molecule has 0 heterocycles. The third kappa shape index (κ3) is 4.62. The molecule has 0 spiro atoms. The van der Waals surface area contributed by atoms with Crippen molar-refractivity contribution in [3.8, 4) is 11.8 Å². The Balaban J connectivity index is 2.43. The Kier molecular flexibility index (Phi) is 6.62. The molecule has 0 amide bonds. The van der Waals surface area contributed by atoms with Gasteiger partial charge in [-0.1, -0.05) is 0 Å². The molecule has 1 aromatic carbocycles. The van der Waals surface area contributed by atoms with Gasteiger partial charge in [0, 0.05) is 19.2 Å². The van der Waals surface area contributed by atoms with Crippen LogP contribution in [0.15, 0.2) is 18.2 Å². The molecule has 1 rings (SSSR count). The van der Waals surface area contributed by atoms with Crippen molar-refractivity contribution in [2.24, 2.45) is 0 Å². The van der Waals surface area contributed by atoms with Crippen molar-refractivity contribution in [2.75, 3.05) is 38.8 Å². The van der Waals surface area contributed by atoms with Gasteiger partial charge in [-0.25, -0.2) is 0 Å². The number of aliphatic hydroxyl groups excluding tert-OH is 1. The van der Waals surface area contributed by atoms with E-state index in [1.165, 1.54) is 0 Å². The molecule has 5 heteroatoms. The fourth-order valence-corrected chi connectivity index (χ4v) is 1.46. The quantitative estimate of drug-likeness (QED) is 0.682. The molecule has 0 aliphatic carbocycles. The normalized spacial score (nSPS) is 9.83. The van der Waals surface area contributed by atoms with Gasteiger partial charge in [-0.3, -0.25) is 0 Å². The Morgan fingerprint density at radius 3 is 2.89 bits per heavy atom. The van der Waals surface area contributed by atoms with Gasteiger partial charge >= 0.3 is 0 Å². The zero-order chi connectivity index (χ0) is 13.2. The maximum atomic E-state index is 8.97. The molecule has 0 unspecified atom stereocenters. The maximum absolute atomic E-state index is 8.97. The first-order valence-electron chi connectivity index (χ1n) is 5.82. The number of hydrogen-bond donors (Lipinski definition) is 2. The Morgan fingerprint density at radius 2 is 2.22 bits per heavy atom. The van der Waals surface area contributed by atoms with Gasteiger partial charge in [0.25, 0.3) is 0 Å². The maximum Gasteiger partial charge on any atom is 0.121 e. The molecular formula is C13H18N2O3. The molecule has 0 aromatic heterocycles. The molecule has 0 saturated carbocycles. The topological polar surface area (TPSA) is 74.5 Å². The van der Waals surface area contributed by atoms with Crippen molar-refractivity contribution in [1.29, 1.82) is 5.26 Å². The van der Waals surface area contributed by atoms with E-state index in [4.69, 9.17) is 19.8 Å². The zero-order valence-corrected chi connectivity index (χ0v) is 10.5. The molecule has 1 aromatic rings. The standard InChI is InChI=1S/C13H18N2O3/c1-17-12-4-3-11(10-14)13(9-12)15-5-2-7-18-8-6-16/h3-4,9,15-16H,2,5-8H2,1H3. The van der Waals surface area contributed by atoms with Gasteiger partial charge in [0.15, 0.2) is 0 Å². The van der Waals surface area contributed by atoms with Gasteiger partial charge in [0.2, 0.25) is 0 Å². The lowest BCUT2D eigenvalue weighted by Gasteiger charge is -2.10. The van der Waals surface area contributed by atoms with E-state index in [2.05, 4.69) is 11.4 Å². The number of hydrogen-bond acceptors (Lipinski definition) is 5. The number of nitriles is 1. The van der Waals surface area contributed by atoms with E-state index in [-0.39, 0.29) is 6.61 Å². The Hall–Kier alpha value is -1.77. The van der Waals surface area contributed by atoms with E-state index >= 15 is 0 Å². The fraction of sp³-hybridized carbons (Fsp3) is 0.462. The van der Waals surface area contributed by atoms with Crippen molar-refractivity contribution < 1.29 is 14.6 Å². The molecule has 18 heavy (non-hydrogen) atoms. The summed E-state index contributed by atoms with van der Waals surface area (Å²) in [5, 5.41) is 20.7. The number of benzene rings is 1. The zero-order valence-electron chi connectivity index (χ0n) is 10.5. The second-order valence-corrected chi connectivity index (χ2v) is 3.64. The highest BCUT2D eigenvalue weighted by Crippen LogP contribution is 2.21. The number of nitrogens with one attached hydrogen (secondary N) is 1. The molecule has 5 nitrogen and oxygen atoms in total. The number of nitrogens with zero attached hydrogens (tertiary/aromatic N) is 1. The minimum absolute atomic E-state index is 0.0435. The van der Waals surface area contributed by atoms with Crippen LogP contribution in [0.3, 0.4) is 0 Å². The smallest absolute Gasteiger partial charge is 0.121 e.